The molecule has 4 rings (SSSR count). The molecule has 1 fully saturated rings. The van der Waals surface area contributed by atoms with E-state index in [-0.39, 0.29) is 16.3 Å². The Hall–Kier alpha value is -2.85. The van der Waals surface area contributed by atoms with Crippen LogP contribution in [0.1, 0.15) is 51.4 Å². The number of fused-ring (bicyclic) bond motifs is 1. The first kappa shape index (κ1) is 23.3. The van der Waals surface area contributed by atoms with Crippen LogP contribution in [0.4, 0.5) is 18.9 Å². The fraction of sp³-hybridized carbons (Fsp3) is 0.409. The molecule has 1 aliphatic heterocycles. The summed E-state index contributed by atoms with van der Waals surface area (Å²) in [6.45, 7) is 1.14. The molecular weight excluding hydrogens is 463 g/mol. The lowest BCUT2D eigenvalue weighted by molar-refractivity contribution is -0.154. The van der Waals surface area contributed by atoms with Gasteiger partial charge in [0.1, 0.15) is 11.5 Å². The van der Waals surface area contributed by atoms with Crippen molar-refractivity contribution in [3.05, 3.63) is 51.6 Å². The number of aliphatic hydroxyl groups excluding tert-OH is 1. The van der Waals surface area contributed by atoms with Crippen LogP contribution >= 0.6 is 11.6 Å². The van der Waals surface area contributed by atoms with E-state index in [1.54, 1.807) is 6.92 Å². The van der Waals surface area contributed by atoms with Gasteiger partial charge in [-0.25, -0.2) is 13.2 Å². The summed E-state index contributed by atoms with van der Waals surface area (Å²) in [6, 6.07) is 4.03. The molecule has 0 saturated heterocycles. The molecule has 3 N–H and O–H groups in total. The van der Waals surface area contributed by atoms with Gasteiger partial charge in [0.25, 0.3) is 23.5 Å². The standard InChI is InChI=1S/C22H21ClF3N3O4/c1-11-7-12(4-5-13(11)24)27-19(32)15-14-3-2-6-29(14)17(16(15)23)18(31)20(33)28-21(10-30)8-22(25,26)9-21/h4-5,7,30H,2-3,6,8-10H2,1H3,(H,27,32)(H,28,33). The van der Waals surface area contributed by atoms with Crippen LogP contribution < -0.4 is 10.6 Å². The van der Waals surface area contributed by atoms with Gasteiger partial charge in [-0.3, -0.25) is 14.4 Å². The summed E-state index contributed by atoms with van der Waals surface area (Å²) < 4.78 is 41.6. The molecule has 0 radical (unpaired) electrons. The van der Waals surface area contributed by atoms with Crippen LogP contribution in [0.15, 0.2) is 18.2 Å². The summed E-state index contributed by atoms with van der Waals surface area (Å²) in [7, 11) is 0. The molecule has 0 atom stereocenters. The van der Waals surface area contributed by atoms with Crippen molar-refractivity contribution in [2.75, 3.05) is 11.9 Å². The Morgan fingerprint density at radius 2 is 1.94 bits per heavy atom. The maximum Gasteiger partial charge on any atom is 0.294 e. The molecular formula is C22H21ClF3N3O4. The van der Waals surface area contributed by atoms with Crippen molar-refractivity contribution in [1.29, 1.82) is 0 Å². The molecule has 0 unspecified atom stereocenters. The highest BCUT2D eigenvalue weighted by Crippen LogP contribution is 2.45. The predicted octanol–water partition coefficient (Wildman–Crippen LogP) is 3.25. The van der Waals surface area contributed by atoms with Crippen LogP contribution in [0.3, 0.4) is 0 Å². The van der Waals surface area contributed by atoms with E-state index in [1.165, 1.54) is 22.8 Å². The van der Waals surface area contributed by atoms with Crippen molar-refractivity contribution in [1.82, 2.24) is 9.88 Å². The summed E-state index contributed by atoms with van der Waals surface area (Å²) in [4.78, 5) is 38.5. The number of hydrogen-bond donors (Lipinski definition) is 3. The second kappa shape index (κ2) is 8.18. The van der Waals surface area contributed by atoms with Crippen LogP contribution in [0, 0.1) is 12.7 Å². The Kier molecular flexibility index (Phi) is 5.78. The summed E-state index contributed by atoms with van der Waals surface area (Å²) in [6.07, 6.45) is -0.510. The highest BCUT2D eigenvalue weighted by atomic mass is 35.5. The molecule has 2 aliphatic rings. The number of anilines is 1. The van der Waals surface area contributed by atoms with Crippen LogP contribution in [0.25, 0.3) is 0 Å². The molecule has 2 heterocycles. The molecule has 11 heteroatoms. The van der Waals surface area contributed by atoms with Crippen molar-refractivity contribution in [3.63, 3.8) is 0 Å². The number of ketones is 1. The van der Waals surface area contributed by atoms with Crippen LogP contribution in [0.5, 0.6) is 0 Å². The number of nitrogens with zero attached hydrogens (tertiary/aromatic N) is 1. The average Bonchev–Trinajstić information content (AvgIpc) is 3.27. The first-order valence-corrected chi connectivity index (χ1v) is 10.7. The third-order valence-electron chi connectivity index (χ3n) is 6.05. The van der Waals surface area contributed by atoms with Gasteiger partial charge in [-0.05, 0) is 43.5 Å². The molecule has 0 spiro atoms. The van der Waals surface area contributed by atoms with Crippen LogP contribution in [-0.2, 0) is 17.8 Å². The molecule has 1 aliphatic carbocycles. The van der Waals surface area contributed by atoms with Gasteiger partial charge in [-0.2, -0.15) is 0 Å². The van der Waals surface area contributed by atoms with Crippen molar-refractivity contribution in [2.24, 2.45) is 0 Å². The first-order valence-electron chi connectivity index (χ1n) is 10.3. The maximum absolute atomic E-state index is 13.5. The number of halogens is 4. The van der Waals surface area contributed by atoms with Gasteiger partial charge >= 0.3 is 0 Å². The number of aliphatic hydroxyl groups is 1. The third-order valence-corrected chi connectivity index (χ3v) is 6.41. The molecule has 1 aromatic carbocycles. The second-order valence-electron chi connectivity index (χ2n) is 8.59. The fourth-order valence-electron chi connectivity index (χ4n) is 4.50. The minimum atomic E-state index is -3.03. The Balaban J connectivity index is 1.60. The number of aryl methyl sites for hydroxylation is 1. The number of nitrogens with one attached hydrogen (secondary N) is 2. The quantitative estimate of drug-likeness (QED) is 0.434. The Bertz CT molecular complexity index is 1170. The molecule has 0 bridgehead atoms. The first-order chi connectivity index (χ1) is 15.5. The number of carbonyl (C=O) groups excluding carboxylic acids is 3. The number of amides is 2. The molecule has 1 saturated carbocycles. The third kappa shape index (κ3) is 4.13. The Labute approximate surface area is 191 Å². The maximum atomic E-state index is 13.5. The number of aromatic nitrogens is 1. The number of Topliss-reactive ketones (excluding diaryl/α,β-unsaturated/α-hetero) is 1. The lowest BCUT2D eigenvalue weighted by Crippen LogP contribution is -2.65. The topological polar surface area (TPSA) is 100 Å². The highest BCUT2D eigenvalue weighted by molar-refractivity contribution is 6.48. The summed E-state index contributed by atoms with van der Waals surface area (Å²) >= 11 is 6.39. The van der Waals surface area contributed by atoms with E-state index in [0.29, 0.717) is 36.3 Å². The van der Waals surface area contributed by atoms with Crippen molar-refractivity contribution in [3.8, 4) is 0 Å². The zero-order valence-corrected chi connectivity index (χ0v) is 18.4. The van der Waals surface area contributed by atoms with E-state index in [0.717, 1.165) is 0 Å². The molecule has 2 aromatic rings. The lowest BCUT2D eigenvalue weighted by atomic mass is 9.74. The van der Waals surface area contributed by atoms with Crippen LogP contribution in [-0.4, -0.2) is 45.3 Å². The minimum Gasteiger partial charge on any atom is -0.394 e. The van der Waals surface area contributed by atoms with E-state index in [2.05, 4.69) is 10.6 Å². The van der Waals surface area contributed by atoms with E-state index >= 15 is 0 Å². The van der Waals surface area contributed by atoms with Gasteiger partial charge in [0.15, 0.2) is 0 Å². The zero-order chi connectivity index (χ0) is 24.1. The van der Waals surface area contributed by atoms with E-state index in [1.807, 2.05) is 0 Å². The normalized spacial score (nSPS) is 17.8. The largest absolute Gasteiger partial charge is 0.394 e. The van der Waals surface area contributed by atoms with E-state index in [9.17, 15) is 32.7 Å². The molecule has 7 nitrogen and oxygen atoms in total. The zero-order valence-electron chi connectivity index (χ0n) is 17.6. The van der Waals surface area contributed by atoms with Crippen molar-refractivity contribution < 1.29 is 32.7 Å². The van der Waals surface area contributed by atoms with Crippen LogP contribution in [0.2, 0.25) is 5.02 Å². The van der Waals surface area contributed by atoms with Gasteiger partial charge in [0.05, 0.1) is 22.7 Å². The number of benzene rings is 1. The average molecular weight is 484 g/mol. The SMILES string of the molecule is Cc1cc(NC(=O)c2c(Cl)c(C(=O)C(=O)NC3(CO)CC(F)(F)C3)n3c2CCC3)ccc1F. The lowest BCUT2D eigenvalue weighted by Gasteiger charge is -2.46. The van der Waals surface area contributed by atoms with Crippen molar-refractivity contribution in [2.45, 2.75) is 50.6 Å². The van der Waals surface area contributed by atoms with Gasteiger partial charge < -0.3 is 20.3 Å². The van der Waals surface area contributed by atoms with Gasteiger partial charge in [0.2, 0.25) is 0 Å². The fourth-order valence-corrected chi connectivity index (χ4v) is 4.88. The number of alkyl halides is 2. The molecule has 176 valence electrons. The molecule has 33 heavy (non-hydrogen) atoms. The summed E-state index contributed by atoms with van der Waals surface area (Å²) in [5.41, 5.74) is -0.633. The minimum absolute atomic E-state index is 0.0272. The number of rotatable bonds is 6. The smallest absolute Gasteiger partial charge is 0.294 e. The predicted molar refractivity (Wildman–Crippen MR) is 113 cm³/mol. The van der Waals surface area contributed by atoms with Gasteiger partial charge in [0, 0.05) is 30.8 Å². The Morgan fingerprint density at radius 3 is 2.55 bits per heavy atom. The van der Waals surface area contributed by atoms with E-state index in [4.69, 9.17) is 11.6 Å². The van der Waals surface area contributed by atoms with E-state index < -0.39 is 54.3 Å². The summed E-state index contributed by atoms with van der Waals surface area (Å²) in [5.74, 6) is -6.35. The molecule has 1 aromatic heterocycles. The van der Waals surface area contributed by atoms with Crippen molar-refractivity contribution >= 4 is 34.9 Å². The number of carbonyl (C=O) groups is 3. The number of hydrogen-bond acceptors (Lipinski definition) is 4. The van der Waals surface area contributed by atoms with Gasteiger partial charge in [-0.1, -0.05) is 11.6 Å². The van der Waals surface area contributed by atoms with Gasteiger partial charge in [-0.15, -0.1) is 0 Å². The molecule has 2 amide bonds. The Morgan fingerprint density at radius 1 is 1.24 bits per heavy atom. The summed E-state index contributed by atoms with van der Waals surface area (Å²) in [5, 5.41) is 14.1. The monoisotopic (exact) mass is 483 g/mol. The second-order valence-corrected chi connectivity index (χ2v) is 8.97. The highest BCUT2D eigenvalue weighted by Gasteiger charge is 2.57.